The molecule has 0 spiro atoms. The molecule has 0 aliphatic heterocycles. The van der Waals surface area contributed by atoms with E-state index in [2.05, 4.69) is 21.2 Å². The first kappa shape index (κ1) is 12.0. The Morgan fingerprint density at radius 2 is 2.25 bits per heavy atom. The molecule has 0 amide bonds. The number of benzene rings is 1. The van der Waals surface area contributed by atoms with Crippen LogP contribution in [-0.2, 0) is 6.54 Å². The van der Waals surface area contributed by atoms with Crippen molar-refractivity contribution in [2.75, 3.05) is 0 Å². The number of halogens is 2. The van der Waals surface area contributed by atoms with Crippen molar-refractivity contribution in [3.05, 3.63) is 34.1 Å². The lowest BCUT2D eigenvalue weighted by Crippen LogP contribution is -2.35. The molecule has 2 N–H and O–H groups in total. The summed E-state index contributed by atoms with van der Waals surface area (Å²) in [5.74, 6) is -0.244. The standard InChI is InChI=1S/C12H15BrFNO/c13-9-5-4-8(6-10(9)14)7-15-11-2-1-3-12(11)16/h4-6,11-12,15-16H,1-3,7H2. The van der Waals surface area contributed by atoms with Gasteiger partial charge >= 0.3 is 0 Å². The highest BCUT2D eigenvalue weighted by Crippen LogP contribution is 2.20. The molecule has 1 aliphatic carbocycles. The van der Waals surface area contributed by atoms with E-state index in [1.165, 1.54) is 6.07 Å². The van der Waals surface area contributed by atoms with Crippen LogP contribution in [0.5, 0.6) is 0 Å². The maximum absolute atomic E-state index is 13.2. The van der Waals surface area contributed by atoms with Crippen molar-refractivity contribution in [1.29, 1.82) is 0 Å². The van der Waals surface area contributed by atoms with Crippen molar-refractivity contribution in [1.82, 2.24) is 5.32 Å². The lowest BCUT2D eigenvalue weighted by Gasteiger charge is -2.16. The Labute approximate surface area is 103 Å². The lowest BCUT2D eigenvalue weighted by molar-refractivity contribution is 0.148. The van der Waals surface area contributed by atoms with Gasteiger partial charge in [-0.3, -0.25) is 0 Å². The van der Waals surface area contributed by atoms with Gasteiger partial charge in [0.2, 0.25) is 0 Å². The van der Waals surface area contributed by atoms with E-state index in [1.54, 1.807) is 6.07 Å². The van der Waals surface area contributed by atoms with Gasteiger partial charge in [-0.25, -0.2) is 4.39 Å². The molecular formula is C12H15BrFNO. The van der Waals surface area contributed by atoms with Gasteiger partial charge < -0.3 is 10.4 Å². The SMILES string of the molecule is OC1CCCC1NCc1ccc(Br)c(F)c1. The molecule has 1 saturated carbocycles. The molecule has 0 radical (unpaired) electrons. The number of hydrogen-bond donors (Lipinski definition) is 2. The van der Waals surface area contributed by atoms with Crippen LogP contribution < -0.4 is 5.32 Å². The summed E-state index contributed by atoms with van der Waals surface area (Å²) in [5.41, 5.74) is 0.903. The fourth-order valence-electron chi connectivity index (χ4n) is 2.08. The summed E-state index contributed by atoms with van der Waals surface area (Å²) in [7, 11) is 0. The molecule has 0 saturated heterocycles. The Hall–Kier alpha value is -0.450. The van der Waals surface area contributed by atoms with Crippen LogP contribution in [0.4, 0.5) is 4.39 Å². The zero-order chi connectivity index (χ0) is 11.5. The smallest absolute Gasteiger partial charge is 0.137 e. The van der Waals surface area contributed by atoms with Gasteiger partial charge in [0, 0.05) is 12.6 Å². The molecule has 88 valence electrons. The highest BCUT2D eigenvalue weighted by atomic mass is 79.9. The summed E-state index contributed by atoms with van der Waals surface area (Å²) in [5, 5.41) is 12.9. The van der Waals surface area contributed by atoms with Gasteiger partial charge in [0.25, 0.3) is 0 Å². The first-order valence-electron chi connectivity index (χ1n) is 5.52. The van der Waals surface area contributed by atoms with E-state index < -0.39 is 0 Å². The van der Waals surface area contributed by atoms with Gasteiger partial charge in [-0.15, -0.1) is 0 Å². The van der Waals surface area contributed by atoms with E-state index in [9.17, 15) is 9.50 Å². The van der Waals surface area contributed by atoms with Crippen molar-refractivity contribution < 1.29 is 9.50 Å². The first-order valence-corrected chi connectivity index (χ1v) is 6.31. The molecule has 1 aliphatic rings. The van der Waals surface area contributed by atoms with Gasteiger partial charge in [0.1, 0.15) is 5.82 Å². The molecule has 1 aromatic rings. The molecule has 16 heavy (non-hydrogen) atoms. The average molecular weight is 288 g/mol. The lowest BCUT2D eigenvalue weighted by atomic mass is 10.1. The van der Waals surface area contributed by atoms with Crippen molar-refractivity contribution in [3.8, 4) is 0 Å². The van der Waals surface area contributed by atoms with Gasteiger partial charge in [-0.2, -0.15) is 0 Å². The van der Waals surface area contributed by atoms with Crippen LogP contribution in [0.25, 0.3) is 0 Å². The van der Waals surface area contributed by atoms with Gasteiger partial charge in [0.05, 0.1) is 10.6 Å². The van der Waals surface area contributed by atoms with Crippen LogP contribution in [0.15, 0.2) is 22.7 Å². The maximum atomic E-state index is 13.2. The molecular weight excluding hydrogens is 273 g/mol. The Bertz CT molecular complexity index is 372. The molecule has 2 atom stereocenters. The second kappa shape index (κ2) is 5.25. The Kier molecular flexibility index (Phi) is 3.95. The van der Waals surface area contributed by atoms with Crippen LogP contribution in [0.3, 0.4) is 0 Å². The van der Waals surface area contributed by atoms with Crippen LogP contribution in [0.2, 0.25) is 0 Å². The third kappa shape index (κ3) is 2.81. The summed E-state index contributed by atoms with van der Waals surface area (Å²) in [4.78, 5) is 0. The molecule has 1 fully saturated rings. The summed E-state index contributed by atoms with van der Waals surface area (Å²) < 4.78 is 13.7. The van der Waals surface area contributed by atoms with Crippen LogP contribution in [-0.4, -0.2) is 17.3 Å². The molecule has 2 unspecified atom stereocenters. The number of nitrogens with one attached hydrogen (secondary N) is 1. The largest absolute Gasteiger partial charge is 0.392 e. The first-order chi connectivity index (χ1) is 7.66. The molecule has 0 aromatic heterocycles. The van der Waals surface area contributed by atoms with Gasteiger partial charge in [0.15, 0.2) is 0 Å². The number of aliphatic hydroxyl groups excluding tert-OH is 1. The minimum absolute atomic E-state index is 0.159. The van der Waals surface area contributed by atoms with E-state index >= 15 is 0 Å². The zero-order valence-corrected chi connectivity index (χ0v) is 10.5. The van der Waals surface area contributed by atoms with Gasteiger partial charge in [-0.05, 0) is 52.9 Å². The summed E-state index contributed by atoms with van der Waals surface area (Å²) in [6, 6.07) is 5.25. The van der Waals surface area contributed by atoms with E-state index in [4.69, 9.17) is 0 Å². The Morgan fingerprint density at radius 3 is 2.88 bits per heavy atom. The van der Waals surface area contributed by atoms with Crippen molar-refractivity contribution in [2.45, 2.75) is 38.0 Å². The van der Waals surface area contributed by atoms with Crippen LogP contribution in [0, 0.1) is 5.82 Å². The second-order valence-corrected chi connectivity index (χ2v) is 5.09. The van der Waals surface area contributed by atoms with E-state index in [0.717, 1.165) is 24.8 Å². The van der Waals surface area contributed by atoms with Crippen molar-refractivity contribution in [2.24, 2.45) is 0 Å². The van der Waals surface area contributed by atoms with Crippen LogP contribution >= 0.6 is 15.9 Å². The monoisotopic (exact) mass is 287 g/mol. The molecule has 0 bridgehead atoms. The summed E-state index contributed by atoms with van der Waals surface area (Å²) in [6.07, 6.45) is 2.68. The Morgan fingerprint density at radius 1 is 1.44 bits per heavy atom. The minimum Gasteiger partial charge on any atom is -0.392 e. The normalized spacial score (nSPS) is 24.9. The Balaban J connectivity index is 1.91. The predicted octanol–water partition coefficient (Wildman–Crippen LogP) is 2.59. The van der Waals surface area contributed by atoms with E-state index in [1.807, 2.05) is 6.07 Å². The third-order valence-electron chi connectivity index (χ3n) is 3.03. The van der Waals surface area contributed by atoms with Crippen molar-refractivity contribution >= 4 is 15.9 Å². The average Bonchev–Trinajstić information content (AvgIpc) is 2.66. The van der Waals surface area contributed by atoms with Gasteiger partial charge in [-0.1, -0.05) is 6.07 Å². The van der Waals surface area contributed by atoms with E-state index in [0.29, 0.717) is 11.0 Å². The van der Waals surface area contributed by atoms with Crippen molar-refractivity contribution in [3.63, 3.8) is 0 Å². The highest BCUT2D eigenvalue weighted by molar-refractivity contribution is 9.10. The summed E-state index contributed by atoms with van der Waals surface area (Å²) >= 11 is 3.12. The molecule has 4 heteroatoms. The van der Waals surface area contributed by atoms with Crippen LogP contribution in [0.1, 0.15) is 24.8 Å². The number of rotatable bonds is 3. The fraction of sp³-hybridized carbons (Fsp3) is 0.500. The number of hydrogen-bond acceptors (Lipinski definition) is 2. The zero-order valence-electron chi connectivity index (χ0n) is 8.92. The highest BCUT2D eigenvalue weighted by Gasteiger charge is 2.24. The predicted molar refractivity (Wildman–Crippen MR) is 64.6 cm³/mol. The molecule has 2 nitrogen and oxygen atoms in total. The minimum atomic E-state index is -0.250. The topological polar surface area (TPSA) is 32.3 Å². The quantitative estimate of drug-likeness (QED) is 0.896. The maximum Gasteiger partial charge on any atom is 0.137 e. The number of aliphatic hydroxyl groups is 1. The molecule has 0 heterocycles. The third-order valence-corrected chi connectivity index (χ3v) is 3.67. The summed E-state index contributed by atoms with van der Waals surface area (Å²) in [6.45, 7) is 0.603. The molecule has 1 aromatic carbocycles. The fourth-order valence-corrected chi connectivity index (χ4v) is 2.32. The molecule has 2 rings (SSSR count). The van der Waals surface area contributed by atoms with E-state index in [-0.39, 0.29) is 18.0 Å². The second-order valence-electron chi connectivity index (χ2n) is 4.23.